The van der Waals surface area contributed by atoms with E-state index < -0.39 is 11.1 Å². The minimum Gasteiger partial charge on any atom is -0.396 e. The summed E-state index contributed by atoms with van der Waals surface area (Å²) in [5.41, 5.74) is -0.809. The maximum Gasteiger partial charge on any atom is 0.265 e. The standard InChI is InChI=1S/C13H19N3O4/c17-7-5-10-2-1-6-15(8-10)13(20)9-16-12(19)4-3-11(18)14-16/h3-4,10,17H,1-2,5-9H2,(H,14,18). The van der Waals surface area contributed by atoms with E-state index >= 15 is 0 Å². The number of aliphatic hydroxyl groups is 1. The molecule has 1 aromatic heterocycles. The molecule has 1 fully saturated rings. The van der Waals surface area contributed by atoms with Gasteiger partial charge in [0, 0.05) is 31.8 Å². The molecule has 0 aromatic carbocycles. The number of nitrogens with zero attached hydrogens (tertiary/aromatic N) is 2. The Balaban J connectivity index is 2.02. The molecule has 0 radical (unpaired) electrons. The third-order valence-electron chi connectivity index (χ3n) is 3.59. The van der Waals surface area contributed by atoms with E-state index in [9.17, 15) is 14.4 Å². The summed E-state index contributed by atoms with van der Waals surface area (Å²) in [7, 11) is 0. The lowest BCUT2D eigenvalue weighted by molar-refractivity contribution is -0.134. The molecule has 1 aromatic rings. The van der Waals surface area contributed by atoms with E-state index in [1.807, 2.05) is 0 Å². The van der Waals surface area contributed by atoms with Crippen molar-refractivity contribution in [1.82, 2.24) is 14.7 Å². The first kappa shape index (κ1) is 14.5. The zero-order valence-corrected chi connectivity index (χ0v) is 11.2. The topological polar surface area (TPSA) is 95.4 Å². The SMILES string of the molecule is O=C(Cn1[nH]c(=O)ccc1=O)N1CCCC(CCO)C1. The van der Waals surface area contributed by atoms with Crippen LogP contribution in [0, 0.1) is 5.92 Å². The van der Waals surface area contributed by atoms with Gasteiger partial charge in [-0.05, 0) is 25.2 Å². The van der Waals surface area contributed by atoms with Gasteiger partial charge in [0.15, 0.2) is 0 Å². The van der Waals surface area contributed by atoms with Crippen molar-refractivity contribution in [1.29, 1.82) is 0 Å². The average Bonchev–Trinajstić information content (AvgIpc) is 2.43. The van der Waals surface area contributed by atoms with Crippen molar-refractivity contribution in [2.24, 2.45) is 5.92 Å². The zero-order chi connectivity index (χ0) is 14.5. The highest BCUT2D eigenvalue weighted by molar-refractivity contribution is 5.76. The summed E-state index contributed by atoms with van der Waals surface area (Å²) in [5, 5.41) is 11.3. The van der Waals surface area contributed by atoms with Crippen LogP contribution in [0.25, 0.3) is 0 Å². The molecule has 0 spiro atoms. The summed E-state index contributed by atoms with van der Waals surface area (Å²) in [6.45, 7) is 1.23. The molecular formula is C13H19N3O4. The number of H-pyrrole nitrogens is 1. The average molecular weight is 281 g/mol. The summed E-state index contributed by atoms with van der Waals surface area (Å²) in [5.74, 6) is 0.126. The Labute approximate surface area is 115 Å². The van der Waals surface area contributed by atoms with Crippen molar-refractivity contribution in [3.8, 4) is 0 Å². The molecule has 1 aliphatic rings. The van der Waals surface area contributed by atoms with Crippen LogP contribution in [0.2, 0.25) is 0 Å². The van der Waals surface area contributed by atoms with Crippen molar-refractivity contribution >= 4 is 5.91 Å². The van der Waals surface area contributed by atoms with Gasteiger partial charge in [-0.25, -0.2) is 4.68 Å². The van der Waals surface area contributed by atoms with Gasteiger partial charge in [-0.15, -0.1) is 0 Å². The molecule has 1 atom stereocenters. The molecule has 0 aliphatic carbocycles. The van der Waals surface area contributed by atoms with Crippen LogP contribution >= 0.6 is 0 Å². The van der Waals surface area contributed by atoms with Gasteiger partial charge in [0.25, 0.3) is 11.1 Å². The van der Waals surface area contributed by atoms with Crippen LogP contribution in [-0.2, 0) is 11.3 Å². The van der Waals surface area contributed by atoms with Gasteiger partial charge in [-0.2, -0.15) is 0 Å². The fourth-order valence-corrected chi connectivity index (χ4v) is 2.52. The molecule has 2 heterocycles. The van der Waals surface area contributed by atoms with E-state index in [1.165, 1.54) is 0 Å². The Morgan fingerprint density at radius 3 is 2.95 bits per heavy atom. The largest absolute Gasteiger partial charge is 0.396 e. The number of rotatable bonds is 4. The van der Waals surface area contributed by atoms with E-state index in [0.717, 1.165) is 29.7 Å². The lowest BCUT2D eigenvalue weighted by Gasteiger charge is -2.32. The molecule has 7 heteroatoms. The number of hydrogen-bond acceptors (Lipinski definition) is 4. The lowest BCUT2D eigenvalue weighted by Crippen LogP contribution is -2.43. The molecule has 1 amide bonds. The second-order valence-corrected chi connectivity index (χ2v) is 5.09. The fraction of sp³-hybridized carbons (Fsp3) is 0.615. The minimum absolute atomic E-state index is 0.123. The fourth-order valence-electron chi connectivity index (χ4n) is 2.52. The summed E-state index contributed by atoms with van der Waals surface area (Å²) in [4.78, 5) is 36.6. The molecule has 110 valence electrons. The van der Waals surface area contributed by atoms with Crippen molar-refractivity contribution < 1.29 is 9.90 Å². The third kappa shape index (κ3) is 3.57. The summed E-state index contributed by atoms with van der Waals surface area (Å²) >= 11 is 0. The Hall–Kier alpha value is -1.89. The first-order chi connectivity index (χ1) is 9.60. The number of aromatic nitrogens is 2. The summed E-state index contributed by atoms with van der Waals surface area (Å²) in [6.07, 6.45) is 2.59. The van der Waals surface area contributed by atoms with E-state index in [0.29, 0.717) is 25.4 Å². The molecule has 7 nitrogen and oxygen atoms in total. The highest BCUT2D eigenvalue weighted by atomic mass is 16.3. The van der Waals surface area contributed by atoms with Crippen molar-refractivity contribution in [3.05, 3.63) is 32.8 Å². The predicted octanol–water partition coefficient (Wildman–Crippen LogP) is -0.842. The molecule has 1 unspecified atom stereocenters. The Morgan fingerprint density at radius 2 is 2.20 bits per heavy atom. The number of piperidine rings is 1. The van der Waals surface area contributed by atoms with E-state index in [2.05, 4.69) is 5.10 Å². The summed E-state index contributed by atoms with van der Waals surface area (Å²) < 4.78 is 1.03. The summed E-state index contributed by atoms with van der Waals surface area (Å²) in [6, 6.07) is 2.29. The number of amides is 1. The van der Waals surface area contributed by atoms with Crippen molar-refractivity contribution in [2.75, 3.05) is 19.7 Å². The molecule has 0 bridgehead atoms. The number of hydrogen-bond donors (Lipinski definition) is 2. The highest BCUT2D eigenvalue weighted by Gasteiger charge is 2.23. The number of likely N-dealkylation sites (tertiary alicyclic amines) is 1. The molecule has 2 N–H and O–H groups in total. The second kappa shape index (κ2) is 6.51. The Bertz CT molecular complexity index is 575. The van der Waals surface area contributed by atoms with Crippen LogP contribution in [0.4, 0.5) is 0 Å². The van der Waals surface area contributed by atoms with E-state index in [4.69, 9.17) is 5.11 Å². The normalized spacial score (nSPS) is 19.1. The lowest BCUT2D eigenvalue weighted by atomic mass is 9.95. The smallest absolute Gasteiger partial charge is 0.265 e. The first-order valence-corrected chi connectivity index (χ1v) is 6.79. The molecule has 1 saturated heterocycles. The Morgan fingerprint density at radius 1 is 1.40 bits per heavy atom. The van der Waals surface area contributed by atoms with Gasteiger partial charge in [0.1, 0.15) is 6.54 Å². The molecule has 20 heavy (non-hydrogen) atoms. The third-order valence-corrected chi connectivity index (χ3v) is 3.59. The number of carbonyl (C=O) groups is 1. The maximum absolute atomic E-state index is 12.2. The van der Waals surface area contributed by atoms with E-state index in [1.54, 1.807) is 4.90 Å². The maximum atomic E-state index is 12.2. The predicted molar refractivity (Wildman–Crippen MR) is 72.3 cm³/mol. The second-order valence-electron chi connectivity index (χ2n) is 5.09. The van der Waals surface area contributed by atoms with Crippen LogP contribution in [0.3, 0.4) is 0 Å². The van der Waals surface area contributed by atoms with Crippen molar-refractivity contribution in [2.45, 2.75) is 25.8 Å². The number of aromatic amines is 1. The Kier molecular flexibility index (Phi) is 4.73. The van der Waals surface area contributed by atoms with Gasteiger partial charge in [-0.1, -0.05) is 0 Å². The van der Waals surface area contributed by atoms with Crippen molar-refractivity contribution in [3.63, 3.8) is 0 Å². The highest BCUT2D eigenvalue weighted by Crippen LogP contribution is 2.19. The van der Waals surface area contributed by atoms with Gasteiger partial charge in [-0.3, -0.25) is 19.5 Å². The quantitative estimate of drug-likeness (QED) is 0.752. The van der Waals surface area contributed by atoms with Crippen LogP contribution in [0.5, 0.6) is 0 Å². The monoisotopic (exact) mass is 281 g/mol. The number of aliphatic hydroxyl groups excluding tert-OH is 1. The first-order valence-electron chi connectivity index (χ1n) is 6.79. The zero-order valence-electron chi connectivity index (χ0n) is 11.2. The minimum atomic E-state index is -0.408. The van der Waals surface area contributed by atoms with Gasteiger partial charge >= 0.3 is 0 Å². The molecule has 1 aliphatic heterocycles. The van der Waals surface area contributed by atoms with Gasteiger partial charge in [0.05, 0.1) is 0 Å². The van der Waals surface area contributed by atoms with Gasteiger partial charge < -0.3 is 10.0 Å². The number of nitrogens with one attached hydrogen (secondary N) is 1. The van der Waals surface area contributed by atoms with Crippen LogP contribution in [-0.4, -0.2) is 45.4 Å². The van der Waals surface area contributed by atoms with E-state index in [-0.39, 0.29) is 19.1 Å². The molecule has 0 saturated carbocycles. The van der Waals surface area contributed by atoms with Gasteiger partial charge in [0.2, 0.25) is 5.91 Å². The van der Waals surface area contributed by atoms with Crippen LogP contribution < -0.4 is 11.1 Å². The molecule has 2 rings (SSSR count). The van der Waals surface area contributed by atoms with Crippen LogP contribution in [0.1, 0.15) is 19.3 Å². The number of carbonyl (C=O) groups excluding carboxylic acids is 1. The van der Waals surface area contributed by atoms with Crippen LogP contribution in [0.15, 0.2) is 21.7 Å². The molecular weight excluding hydrogens is 262 g/mol.